The first-order valence-corrected chi connectivity index (χ1v) is 6.50. The zero-order valence-corrected chi connectivity index (χ0v) is 10.6. The van der Waals surface area contributed by atoms with Crippen molar-refractivity contribution in [1.82, 2.24) is 9.97 Å². The van der Waals surface area contributed by atoms with Crippen LogP contribution in [-0.2, 0) is 0 Å². The topological polar surface area (TPSA) is 49.2 Å². The van der Waals surface area contributed by atoms with Gasteiger partial charge >= 0.3 is 0 Å². The van der Waals surface area contributed by atoms with E-state index in [4.69, 9.17) is 11.6 Å². The third-order valence-electron chi connectivity index (χ3n) is 3.48. The average Bonchev–Trinajstić information content (AvgIpc) is 3.05. The van der Waals surface area contributed by atoms with Gasteiger partial charge in [0.2, 0.25) is 0 Å². The summed E-state index contributed by atoms with van der Waals surface area (Å²) < 4.78 is 0. The minimum Gasteiger partial charge on any atom is -0.391 e. The number of halogens is 1. The fraction of sp³-hybridized carbons (Fsp3) is 0.667. The Labute approximate surface area is 106 Å². The monoisotopic (exact) mass is 253 g/mol. The van der Waals surface area contributed by atoms with Crippen LogP contribution in [0.3, 0.4) is 0 Å². The molecule has 1 aromatic heterocycles. The van der Waals surface area contributed by atoms with E-state index in [2.05, 4.69) is 14.9 Å². The molecule has 1 saturated carbocycles. The van der Waals surface area contributed by atoms with Crippen LogP contribution in [0.15, 0.2) is 0 Å². The number of aromatic nitrogens is 2. The average molecular weight is 254 g/mol. The van der Waals surface area contributed by atoms with Crippen molar-refractivity contribution in [1.29, 1.82) is 0 Å². The van der Waals surface area contributed by atoms with Crippen LogP contribution in [0.2, 0.25) is 5.15 Å². The maximum absolute atomic E-state index is 9.59. The molecule has 4 nitrogen and oxygen atoms in total. The van der Waals surface area contributed by atoms with Crippen molar-refractivity contribution in [3.8, 4) is 0 Å². The lowest BCUT2D eigenvalue weighted by Gasteiger charge is -2.20. The molecule has 92 valence electrons. The van der Waals surface area contributed by atoms with E-state index in [0.717, 1.165) is 30.2 Å². The van der Waals surface area contributed by atoms with E-state index in [1.165, 1.54) is 12.8 Å². The Morgan fingerprint density at radius 1 is 1.29 bits per heavy atom. The first kappa shape index (κ1) is 11.2. The van der Waals surface area contributed by atoms with E-state index < -0.39 is 0 Å². The van der Waals surface area contributed by atoms with Gasteiger partial charge in [0.05, 0.1) is 6.10 Å². The quantitative estimate of drug-likeness (QED) is 0.818. The number of β-amino-alcohol motifs (C(OH)–C–C–N with tert-alkyl or cyclic N) is 1. The summed E-state index contributed by atoms with van der Waals surface area (Å²) in [6.45, 7) is 3.44. The van der Waals surface area contributed by atoms with Crippen molar-refractivity contribution >= 4 is 17.4 Å². The molecular formula is C12H16ClN3O. The molecule has 0 bridgehead atoms. The number of hydrogen-bond donors (Lipinski definition) is 1. The summed E-state index contributed by atoms with van der Waals surface area (Å²) in [6, 6.07) is 0. The summed E-state index contributed by atoms with van der Waals surface area (Å²) in [4.78, 5) is 11.1. The third kappa shape index (κ3) is 2.11. The van der Waals surface area contributed by atoms with Crippen LogP contribution in [0.5, 0.6) is 0 Å². The molecule has 2 fully saturated rings. The molecule has 1 aliphatic heterocycles. The summed E-state index contributed by atoms with van der Waals surface area (Å²) in [5.74, 6) is 2.28. The van der Waals surface area contributed by atoms with E-state index in [9.17, 15) is 5.11 Å². The van der Waals surface area contributed by atoms with Gasteiger partial charge in [0.25, 0.3) is 0 Å². The summed E-state index contributed by atoms with van der Waals surface area (Å²) in [5, 5.41) is 10.1. The summed E-state index contributed by atoms with van der Waals surface area (Å²) in [5.41, 5.74) is 0.921. The van der Waals surface area contributed by atoms with Crippen molar-refractivity contribution in [3.05, 3.63) is 16.5 Å². The Kier molecular flexibility index (Phi) is 2.71. The lowest BCUT2D eigenvalue weighted by atomic mass is 10.3. The fourth-order valence-corrected chi connectivity index (χ4v) is 2.43. The molecule has 1 aromatic rings. The van der Waals surface area contributed by atoms with Crippen LogP contribution in [0.4, 0.5) is 5.82 Å². The van der Waals surface area contributed by atoms with Gasteiger partial charge < -0.3 is 10.0 Å². The van der Waals surface area contributed by atoms with E-state index >= 15 is 0 Å². The maximum atomic E-state index is 9.59. The molecule has 17 heavy (non-hydrogen) atoms. The van der Waals surface area contributed by atoms with Gasteiger partial charge in [-0.1, -0.05) is 11.6 Å². The number of nitrogens with zero attached hydrogens (tertiary/aromatic N) is 3. The van der Waals surface area contributed by atoms with Crippen LogP contribution < -0.4 is 4.90 Å². The first-order chi connectivity index (χ1) is 8.15. The molecule has 1 aliphatic carbocycles. The SMILES string of the molecule is Cc1c(Cl)nc(C2CC2)nc1N1CCC(O)C1. The summed E-state index contributed by atoms with van der Waals surface area (Å²) >= 11 is 6.17. The predicted octanol–water partition coefficient (Wildman–Crippen LogP) is 1.89. The van der Waals surface area contributed by atoms with Gasteiger partial charge in [-0.05, 0) is 26.2 Å². The molecule has 5 heteroatoms. The van der Waals surface area contributed by atoms with E-state index in [-0.39, 0.29) is 6.10 Å². The number of aliphatic hydroxyl groups excluding tert-OH is 1. The Hall–Kier alpha value is -0.870. The molecule has 2 aliphatic rings. The summed E-state index contributed by atoms with van der Waals surface area (Å²) in [6.07, 6.45) is 2.90. The fourth-order valence-electron chi connectivity index (χ4n) is 2.26. The zero-order chi connectivity index (χ0) is 12.0. The zero-order valence-electron chi connectivity index (χ0n) is 9.86. The molecule has 3 rings (SSSR count). The van der Waals surface area contributed by atoms with Crippen LogP contribution in [0.1, 0.15) is 36.6 Å². The smallest absolute Gasteiger partial charge is 0.137 e. The Bertz CT molecular complexity index is 448. The molecule has 0 radical (unpaired) electrons. The Morgan fingerprint density at radius 2 is 2.06 bits per heavy atom. The Balaban J connectivity index is 1.96. The van der Waals surface area contributed by atoms with Gasteiger partial charge in [0, 0.05) is 24.6 Å². The largest absolute Gasteiger partial charge is 0.391 e. The van der Waals surface area contributed by atoms with Gasteiger partial charge in [0.1, 0.15) is 16.8 Å². The molecule has 1 N–H and O–H groups in total. The van der Waals surface area contributed by atoms with Crippen molar-refractivity contribution in [2.45, 2.75) is 38.2 Å². The van der Waals surface area contributed by atoms with Gasteiger partial charge in [-0.2, -0.15) is 0 Å². The highest BCUT2D eigenvalue weighted by Crippen LogP contribution is 2.40. The molecule has 1 atom stereocenters. The first-order valence-electron chi connectivity index (χ1n) is 6.12. The van der Waals surface area contributed by atoms with Gasteiger partial charge in [0.15, 0.2) is 0 Å². The highest BCUT2D eigenvalue weighted by Gasteiger charge is 2.30. The molecule has 0 aromatic carbocycles. The van der Waals surface area contributed by atoms with Crippen molar-refractivity contribution in [2.75, 3.05) is 18.0 Å². The minimum atomic E-state index is -0.243. The number of rotatable bonds is 2. The molecule has 2 heterocycles. The molecule has 1 unspecified atom stereocenters. The number of anilines is 1. The normalized spacial score (nSPS) is 24.4. The van der Waals surface area contributed by atoms with Crippen molar-refractivity contribution in [3.63, 3.8) is 0 Å². The second-order valence-corrected chi connectivity index (χ2v) is 5.34. The highest BCUT2D eigenvalue weighted by atomic mass is 35.5. The lowest BCUT2D eigenvalue weighted by molar-refractivity contribution is 0.198. The minimum absolute atomic E-state index is 0.243. The standard InChI is InChI=1S/C12H16ClN3O/c1-7-10(13)14-11(8-2-3-8)15-12(7)16-5-4-9(17)6-16/h8-9,17H,2-6H2,1H3. The predicted molar refractivity (Wildman–Crippen MR) is 66.6 cm³/mol. The number of hydrogen-bond acceptors (Lipinski definition) is 4. The molecule has 1 saturated heterocycles. The van der Waals surface area contributed by atoms with E-state index in [1.807, 2.05) is 6.92 Å². The third-order valence-corrected chi connectivity index (χ3v) is 3.85. The van der Waals surface area contributed by atoms with E-state index in [1.54, 1.807) is 0 Å². The molecule has 0 spiro atoms. The van der Waals surface area contributed by atoms with Crippen LogP contribution in [0, 0.1) is 6.92 Å². The number of aliphatic hydroxyl groups is 1. The van der Waals surface area contributed by atoms with E-state index in [0.29, 0.717) is 17.6 Å². The highest BCUT2D eigenvalue weighted by molar-refractivity contribution is 6.30. The van der Waals surface area contributed by atoms with Crippen LogP contribution in [0.25, 0.3) is 0 Å². The summed E-state index contributed by atoms with van der Waals surface area (Å²) in [7, 11) is 0. The van der Waals surface area contributed by atoms with Crippen molar-refractivity contribution < 1.29 is 5.11 Å². The second kappa shape index (κ2) is 4.10. The molecule has 0 amide bonds. The van der Waals surface area contributed by atoms with Gasteiger partial charge in [-0.3, -0.25) is 0 Å². The van der Waals surface area contributed by atoms with Crippen LogP contribution in [-0.4, -0.2) is 34.3 Å². The van der Waals surface area contributed by atoms with Gasteiger partial charge in [-0.15, -0.1) is 0 Å². The van der Waals surface area contributed by atoms with Crippen molar-refractivity contribution in [2.24, 2.45) is 0 Å². The second-order valence-electron chi connectivity index (χ2n) is 4.98. The van der Waals surface area contributed by atoms with Crippen LogP contribution >= 0.6 is 11.6 Å². The van der Waals surface area contributed by atoms with Gasteiger partial charge in [-0.25, -0.2) is 9.97 Å². The molecular weight excluding hydrogens is 238 g/mol. The maximum Gasteiger partial charge on any atom is 0.137 e. The lowest BCUT2D eigenvalue weighted by Crippen LogP contribution is -2.24. The Morgan fingerprint density at radius 3 is 2.65 bits per heavy atom.